The maximum Gasteiger partial charge on any atom is 0.251 e. The second-order valence-corrected chi connectivity index (χ2v) is 11.0. The minimum atomic E-state index is -3.63. The molecule has 1 amide bonds. The molecular formula is C25H33N3O4S. The van der Waals surface area contributed by atoms with Gasteiger partial charge < -0.3 is 10.1 Å². The Kier molecular flexibility index (Phi) is 7.48. The van der Waals surface area contributed by atoms with Crippen LogP contribution in [0.1, 0.15) is 48.2 Å². The van der Waals surface area contributed by atoms with E-state index in [4.69, 9.17) is 4.74 Å². The third kappa shape index (κ3) is 5.81. The van der Waals surface area contributed by atoms with E-state index >= 15 is 0 Å². The van der Waals surface area contributed by atoms with Crippen molar-refractivity contribution in [3.05, 3.63) is 65.2 Å². The number of carbonyl (C=O) groups excluding carboxylic acids is 1. The molecule has 0 aromatic heterocycles. The summed E-state index contributed by atoms with van der Waals surface area (Å²) in [4.78, 5) is 15.4. The number of morpholine rings is 1. The van der Waals surface area contributed by atoms with E-state index in [1.165, 1.54) is 34.8 Å². The highest BCUT2D eigenvalue weighted by Crippen LogP contribution is 2.22. The first-order valence-corrected chi connectivity index (χ1v) is 13.1. The van der Waals surface area contributed by atoms with Crippen LogP contribution in [0, 0.1) is 0 Å². The third-order valence-corrected chi connectivity index (χ3v) is 8.14. The molecule has 8 heteroatoms. The predicted octanol–water partition coefficient (Wildman–Crippen LogP) is 3.01. The summed E-state index contributed by atoms with van der Waals surface area (Å²) in [6, 6.07) is 14.4. The summed E-state index contributed by atoms with van der Waals surface area (Å²) in [6.07, 6.45) is 2.19. The number of nitrogens with zero attached hydrogens (tertiary/aromatic N) is 2. The molecule has 2 aliphatic heterocycles. The van der Waals surface area contributed by atoms with Crippen LogP contribution in [0.2, 0.25) is 0 Å². The van der Waals surface area contributed by atoms with E-state index in [0.29, 0.717) is 25.2 Å². The molecule has 0 radical (unpaired) electrons. The number of ether oxygens (including phenoxy) is 1. The average Bonchev–Trinajstić information content (AvgIpc) is 3.31. The number of hydrogen-bond acceptors (Lipinski definition) is 5. The summed E-state index contributed by atoms with van der Waals surface area (Å²) >= 11 is 0. The largest absolute Gasteiger partial charge is 0.373 e. The van der Waals surface area contributed by atoms with Gasteiger partial charge in [0.1, 0.15) is 0 Å². The van der Waals surface area contributed by atoms with Gasteiger partial charge in [0.25, 0.3) is 5.91 Å². The Balaban J connectivity index is 1.39. The molecule has 2 atom stereocenters. The molecule has 0 aliphatic carbocycles. The van der Waals surface area contributed by atoms with Crippen LogP contribution in [-0.2, 0) is 27.8 Å². The van der Waals surface area contributed by atoms with Gasteiger partial charge in [-0.3, -0.25) is 9.69 Å². The summed E-state index contributed by atoms with van der Waals surface area (Å²) < 4.78 is 33.1. The number of hydrogen-bond donors (Lipinski definition) is 1. The van der Waals surface area contributed by atoms with Gasteiger partial charge in [0.15, 0.2) is 0 Å². The molecule has 33 heavy (non-hydrogen) atoms. The van der Waals surface area contributed by atoms with E-state index in [0.717, 1.165) is 25.2 Å². The highest BCUT2D eigenvalue weighted by Gasteiger charge is 2.32. The number of benzene rings is 2. The number of likely N-dealkylation sites (tertiary alicyclic amines) is 1. The predicted molar refractivity (Wildman–Crippen MR) is 127 cm³/mol. The standard InChI is InChI=1S/C25H33N3O4S/c1-19-16-28(17-20(2)32-19)33(30,31)24-11-9-21(10-12-24)25(29)26-15-22-7-3-4-8-23(22)18-27-13-5-6-14-27/h3-4,7-12,19-20H,5-6,13-18H2,1-2H3,(H,26,29). The van der Waals surface area contributed by atoms with Gasteiger partial charge in [0.05, 0.1) is 17.1 Å². The summed E-state index contributed by atoms with van der Waals surface area (Å²) in [6.45, 7) is 7.97. The Morgan fingerprint density at radius 3 is 2.21 bits per heavy atom. The van der Waals surface area contributed by atoms with Crippen molar-refractivity contribution in [2.45, 2.75) is 56.9 Å². The maximum absolute atomic E-state index is 13.0. The van der Waals surface area contributed by atoms with Crippen molar-refractivity contribution in [1.82, 2.24) is 14.5 Å². The molecule has 2 heterocycles. The molecule has 2 aromatic carbocycles. The van der Waals surface area contributed by atoms with E-state index in [9.17, 15) is 13.2 Å². The zero-order valence-corrected chi connectivity index (χ0v) is 20.2. The molecule has 2 aliphatic rings. The summed E-state index contributed by atoms with van der Waals surface area (Å²) in [5, 5.41) is 2.98. The molecule has 7 nitrogen and oxygen atoms in total. The van der Waals surface area contributed by atoms with Crippen molar-refractivity contribution >= 4 is 15.9 Å². The number of sulfonamides is 1. The highest BCUT2D eigenvalue weighted by molar-refractivity contribution is 7.89. The zero-order chi connectivity index (χ0) is 23.4. The first-order valence-electron chi connectivity index (χ1n) is 11.7. The van der Waals surface area contributed by atoms with Gasteiger partial charge in [0.2, 0.25) is 10.0 Å². The van der Waals surface area contributed by atoms with Crippen LogP contribution in [0.4, 0.5) is 0 Å². The normalized spacial score (nSPS) is 22.4. The molecule has 2 saturated heterocycles. The van der Waals surface area contributed by atoms with Gasteiger partial charge in [-0.2, -0.15) is 4.31 Å². The molecule has 2 unspecified atom stereocenters. The van der Waals surface area contributed by atoms with Gasteiger partial charge in [-0.05, 0) is 75.2 Å². The summed E-state index contributed by atoms with van der Waals surface area (Å²) in [7, 11) is -3.63. The van der Waals surface area contributed by atoms with Crippen LogP contribution >= 0.6 is 0 Å². The lowest BCUT2D eigenvalue weighted by Gasteiger charge is -2.34. The number of carbonyl (C=O) groups is 1. The van der Waals surface area contributed by atoms with Crippen LogP contribution in [0.3, 0.4) is 0 Å². The number of amides is 1. The second-order valence-electron chi connectivity index (χ2n) is 9.04. The van der Waals surface area contributed by atoms with Crippen molar-refractivity contribution in [1.29, 1.82) is 0 Å². The molecule has 0 spiro atoms. The molecule has 2 aromatic rings. The lowest BCUT2D eigenvalue weighted by Crippen LogP contribution is -2.48. The molecule has 178 valence electrons. The Bertz CT molecular complexity index is 1060. The number of rotatable bonds is 7. The van der Waals surface area contributed by atoms with Crippen molar-refractivity contribution in [2.24, 2.45) is 0 Å². The average molecular weight is 472 g/mol. The SMILES string of the molecule is CC1CN(S(=O)(=O)c2ccc(C(=O)NCc3ccccc3CN3CCCC3)cc2)CC(C)O1. The van der Waals surface area contributed by atoms with Gasteiger partial charge in [0, 0.05) is 31.7 Å². The number of nitrogens with one attached hydrogen (secondary N) is 1. The fourth-order valence-corrected chi connectivity index (χ4v) is 6.19. The Labute approximate surface area is 196 Å². The second kappa shape index (κ2) is 10.3. The summed E-state index contributed by atoms with van der Waals surface area (Å²) in [5.74, 6) is -0.219. The monoisotopic (exact) mass is 471 g/mol. The van der Waals surface area contributed by atoms with Crippen molar-refractivity contribution < 1.29 is 17.9 Å². The van der Waals surface area contributed by atoms with Gasteiger partial charge in [-0.1, -0.05) is 24.3 Å². The van der Waals surface area contributed by atoms with Crippen LogP contribution in [0.25, 0.3) is 0 Å². The first kappa shape index (κ1) is 23.9. The zero-order valence-electron chi connectivity index (χ0n) is 19.4. The van der Waals surface area contributed by atoms with Crippen LogP contribution in [0.15, 0.2) is 53.4 Å². The minimum absolute atomic E-state index is 0.151. The van der Waals surface area contributed by atoms with E-state index in [2.05, 4.69) is 16.3 Å². The molecule has 0 bridgehead atoms. The lowest BCUT2D eigenvalue weighted by molar-refractivity contribution is -0.0440. The van der Waals surface area contributed by atoms with Crippen LogP contribution in [-0.4, -0.2) is 61.9 Å². The quantitative estimate of drug-likeness (QED) is 0.672. The molecule has 2 fully saturated rings. The van der Waals surface area contributed by atoms with E-state index in [-0.39, 0.29) is 23.0 Å². The summed E-state index contributed by atoms with van der Waals surface area (Å²) in [5.41, 5.74) is 2.78. The molecule has 4 rings (SSSR count). The molecule has 1 N–H and O–H groups in total. The fraction of sp³-hybridized carbons (Fsp3) is 0.480. The molecule has 0 saturated carbocycles. The van der Waals surface area contributed by atoms with Gasteiger partial charge in [-0.15, -0.1) is 0 Å². The van der Waals surface area contributed by atoms with Crippen LogP contribution in [0.5, 0.6) is 0 Å². The maximum atomic E-state index is 13.0. The van der Waals surface area contributed by atoms with E-state index < -0.39 is 10.0 Å². The first-order chi connectivity index (χ1) is 15.8. The Morgan fingerprint density at radius 1 is 0.970 bits per heavy atom. The van der Waals surface area contributed by atoms with Gasteiger partial charge in [-0.25, -0.2) is 8.42 Å². The Morgan fingerprint density at radius 2 is 1.58 bits per heavy atom. The van der Waals surface area contributed by atoms with Crippen molar-refractivity contribution in [3.63, 3.8) is 0 Å². The fourth-order valence-electron chi connectivity index (χ4n) is 4.60. The smallest absolute Gasteiger partial charge is 0.251 e. The van der Waals surface area contributed by atoms with E-state index in [1.807, 2.05) is 32.0 Å². The van der Waals surface area contributed by atoms with Gasteiger partial charge >= 0.3 is 0 Å². The third-order valence-electron chi connectivity index (χ3n) is 6.29. The van der Waals surface area contributed by atoms with Crippen LogP contribution < -0.4 is 5.32 Å². The lowest BCUT2D eigenvalue weighted by atomic mass is 10.1. The van der Waals surface area contributed by atoms with E-state index in [1.54, 1.807) is 12.1 Å². The van der Waals surface area contributed by atoms with Crippen molar-refractivity contribution in [2.75, 3.05) is 26.2 Å². The highest BCUT2D eigenvalue weighted by atomic mass is 32.2. The molecular weight excluding hydrogens is 438 g/mol. The Hall–Kier alpha value is -2.26. The van der Waals surface area contributed by atoms with Crippen molar-refractivity contribution in [3.8, 4) is 0 Å². The topological polar surface area (TPSA) is 79.0 Å². The minimum Gasteiger partial charge on any atom is -0.373 e.